The molecule has 0 saturated heterocycles. The Kier molecular flexibility index (Phi) is 7.79. The van der Waals surface area contributed by atoms with Crippen molar-refractivity contribution in [2.45, 2.75) is 11.7 Å². The van der Waals surface area contributed by atoms with Crippen molar-refractivity contribution in [2.75, 3.05) is 20.0 Å². The summed E-state index contributed by atoms with van der Waals surface area (Å²) >= 11 is 7.35. The van der Waals surface area contributed by atoms with Crippen molar-refractivity contribution < 1.29 is 19.4 Å². The van der Waals surface area contributed by atoms with Crippen LogP contribution in [0.5, 0.6) is 17.2 Å². The molecule has 1 heterocycles. The van der Waals surface area contributed by atoms with Gasteiger partial charge in [-0.25, -0.2) is 10.4 Å². The molecule has 0 saturated carbocycles. The van der Waals surface area contributed by atoms with Crippen LogP contribution in [-0.2, 0) is 11.3 Å². The molecule has 4 rings (SSSR count). The van der Waals surface area contributed by atoms with Gasteiger partial charge in [-0.3, -0.25) is 4.79 Å². The second-order valence-electron chi connectivity index (χ2n) is 7.45. The van der Waals surface area contributed by atoms with Gasteiger partial charge in [0.05, 0.1) is 43.8 Å². The van der Waals surface area contributed by atoms with Gasteiger partial charge in [0.2, 0.25) is 5.75 Å². The summed E-state index contributed by atoms with van der Waals surface area (Å²) < 4.78 is 12.3. The van der Waals surface area contributed by atoms with Gasteiger partial charge in [0.1, 0.15) is 0 Å². The molecule has 0 unspecified atom stereocenters. The minimum atomic E-state index is -0.283. The summed E-state index contributed by atoms with van der Waals surface area (Å²) in [6, 6.07) is 18.7. The minimum absolute atomic E-state index is 0.103. The summed E-state index contributed by atoms with van der Waals surface area (Å²) in [5.74, 6) is 0.228. The first-order valence-electron chi connectivity index (χ1n) is 10.6. The number of aromatic hydroxyl groups is 1. The molecule has 10 heteroatoms. The van der Waals surface area contributed by atoms with E-state index in [0.29, 0.717) is 17.1 Å². The van der Waals surface area contributed by atoms with Crippen molar-refractivity contribution >= 4 is 46.5 Å². The van der Waals surface area contributed by atoms with Gasteiger partial charge >= 0.3 is 0 Å². The summed E-state index contributed by atoms with van der Waals surface area (Å²) in [5.41, 5.74) is 6.03. The molecular formula is C25H23ClN4O4S. The average Bonchev–Trinajstić information content (AvgIpc) is 3.22. The Balaban J connectivity index is 1.44. The number of carbonyl (C=O) groups is 1. The van der Waals surface area contributed by atoms with Crippen LogP contribution < -0.4 is 14.9 Å². The first kappa shape index (κ1) is 24.4. The fraction of sp³-hybridized carbons (Fsp3) is 0.160. The van der Waals surface area contributed by atoms with E-state index in [4.69, 9.17) is 26.1 Å². The van der Waals surface area contributed by atoms with Gasteiger partial charge in [-0.1, -0.05) is 47.6 Å². The summed E-state index contributed by atoms with van der Waals surface area (Å²) in [6.07, 6.45) is 1.45. The number of phenolic OH excluding ortho intramolecular Hbond substituents is 1. The van der Waals surface area contributed by atoms with Crippen LogP contribution in [0.1, 0.15) is 11.1 Å². The maximum atomic E-state index is 12.4. The number of para-hydroxylation sites is 2. The number of hydrazone groups is 1. The van der Waals surface area contributed by atoms with Gasteiger partial charge in [0, 0.05) is 10.6 Å². The topological polar surface area (TPSA) is 98.0 Å². The molecule has 0 fully saturated rings. The number of methoxy groups -OCH3 is 2. The number of hydrogen-bond donors (Lipinski definition) is 2. The zero-order valence-corrected chi connectivity index (χ0v) is 20.6. The number of rotatable bonds is 9. The summed E-state index contributed by atoms with van der Waals surface area (Å²) in [6.45, 7) is 0.601. The minimum Gasteiger partial charge on any atom is -0.502 e. The molecule has 2 N–H and O–H groups in total. The molecular weight excluding hydrogens is 488 g/mol. The number of hydrogen-bond acceptors (Lipinski definition) is 7. The monoisotopic (exact) mass is 510 g/mol. The van der Waals surface area contributed by atoms with Crippen LogP contribution in [0.4, 0.5) is 0 Å². The van der Waals surface area contributed by atoms with Crippen LogP contribution in [0.25, 0.3) is 11.0 Å². The number of amides is 1. The van der Waals surface area contributed by atoms with E-state index in [0.717, 1.165) is 21.8 Å². The van der Waals surface area contributed by atoms with Gasteiger partial charge in [0.25, 0.3) is 5.91 Å². The Morgan fingerprint density at radius 3 is 2.51 bits per heavy atom. The number of carbonyl (C=O) groups excluding carboxylic acids is 1. The SMILES string of the molecule is COc1cc(/C=N\NC(=O)CSc2nc3ccccc3n2Cc2ccc(Cl)cc2)cc(OC)c1O. The number of halogens is 1. The van der Waals surface area contributed by atoms with Crippen LogP contribution in [-0.4, -0.2) is 46.8 Å². The number of fused-ring (bicyclic) bond motifs is 1. The second kappa shape index (κ2) is 11.2. The molecule has 35 heavy (non-hydrogen) atoms. The maximum Gasteiger partial charge on any atom is 0.250 e. The van der Waals surface area contributed by atoms with Crippen molar-refractivity contribution in [1.82, 2.24) is 15.0 Å². The lowest BCUT2D eigenvalue weighted by Gasteiger charge is -2.09. The predicted molar refractivity (Wildman–Crippen MR) is 138 cm³/mol. The molecule has 0 aliphatic rings. The fourth-order valence-electron chi connectivity index (χ4n) is 3.42. The number of nitrogens with zero attached hydrogens (tertiary/aromatic N) is 3. The zero-order chi connectivity index (χ0) is 24.8. The van der Waals surface area contributed by atoms with Crippen LogP contribution in [0.3, 0.4) is 0 Å². The Labute approximate surface area is 211 Å². The van der Waals surface area contributed by atoms with Crippen molar-refractivity contribution in [3.05, 3.63) is 76.8 Å². The molecule has 0 atom stereocenters. The largest absolute Gasteiger partial charge is 0.502 e. The van der Waals surface area contributed by atoms with Crippen molar-refractivity contribution in [3.63, 3.8) is 0 Å². The number of thioether (sulfide) groups is 1. The average molecular weight is 511 g/mol. The van der Waals surface area contributed by atoms with Gasteiger partial charge in [0.15, 0.2) is 16.7 Å². The van der Waals surface area contributed by atoms with E-state index in [1.54, 1.807) is 12.1 Å². The highest BCUT2D eigenvalue weighted by molar-refractivity contribution is 7.99. The molecule has 0 radical (unpaired) electrons. The molecule has 4 aromatic rings. The van der Waals surface area contributed by atoms with Gasteiger partial charge < -0.3 is 19.1 Å². The van der Waals surface area contributed by atoms with Crippen LogP contribution in [0, 0.1) is 0 Å². The van der Waals surface area contributed by atoms with E-state index in [1.165, 1.54) is 32.2 Å². The Bertz CT molecular complexity index is 1350. The quantitative estimate of drug-likeness (QED) is 0.192. The first-order chi connectivity index (χ1) is 17.0. The third-order valence-electron chi connectivity index (χ3n) is 5.11. The summed E-state index contributed by atoms with van der Waals surface area (Å²) in [7, 11) is 2.88. The van der Waals surface area contributed by atoms with Crippen molar-refractivity contribution in [3.8, 4) is 17.2 Å². The number of aromatic nitrogens is 2. The number of ether oxygens (including phenoxy) is 2. The number of nitrogens with one attached hydrogen (secondary N) is 1. The second-order valence-corrected chi connectivity index (χ2v) is 8.83. The van der Waals surface area contributed by atoms with Gasteiger partial charge in [-0.05, 0) is 42.0 Å². The molecule has 8 nitrogen and oxygen atoms in total. The van der Waals surface area contributed by atoms with Gasteiger partial charge in [-0.2, -0.15) is 5.10 Å². The highest BCUT2D eigenvalue weighted by atomic mass is 35.5. The lowest BCUT2D eigenvalue weighted by molar-refractivity contribution is -0.118. The van der Waals surface area contributed by atoms with Crippen LogP contribution >= 0.6 is 23.4 Å². The van der Waals surface area contributed by atoms with E-state index < -0.39 is 0 Å². The smallest absolute Gasteiger partial charge is 0.250 e. The van der Waals surface area contributed by atoms with Crippen LogP contribution in [0.2, 0.25) is 5.02 Å². The van der Waals surface area contributed by atoms with Crippen LogP contribution in [0.15, 0.2) is 70.9 Å². The Morgan fingerprint density at radius 2 is 1.83 bits per heavy atom. The molecule has 1 aromatic heterocycles. The number of phenols is 1. The van der Waals surface area contributed by atoms with Crippen molar-refractivity contribution in [2.24, 2.45) is 5.10 Å². The normalized spacial score (nSPS) is 11.2. The van der Waals surface area contributed by atoms with E-state index >= 15 is 0 Å². The zero-order valence-electron chi connectivity index (χ0n) is 19.1. The highest BCUT2D eigenvalue weighted by Crippen LogP contribution is 2.36. The predicted octanol–water partition coefficient (Wildman–Crippen LogP) is 4.70. The molecule has 0 spiro atoms. The maximum absolute atomic E-state index is 12.4. The third-order valence-corrected chi connectivity index (χ3v) is 6.34. The standard InChI is InChI=1S/C25H23ClN4O4S/c1-33-21-11-17(12-22(34-2)24(21)32)13-27-29-23(31)15-35-25-28-19-5-3-4-6-20(19)30(25)14-16-7-9-18(26)10-8-16/h3-13,32H,14-15H2,1-2H3,(H,29,31)/b27-13-. The lowest BCUT2D eigenvalue weighted by atomic mass is 10.2. The van der Waals surface area contributed by atoms with E-state index in [-0.39, 0.29) is 28.9 Å². The third kappa shape index (κ3) is 5.87. The van der Waals surface area contributed by atoms with Crippen molar-refractivity contribution in [1.29, 1.82) is 0 Å². The summed E-state index contributed by atoms with van der Waals surface area (Å²) in [4.78, 5) is 17.1. The Morgan fingerprint density at radius 1 is 1.14 bits per heavy atom. The molecule has 0 bridgehead atoms. The molecule has 0 aliphatic heterocycles. The van der Waals surface area contributed by atoms with E-state index in [9.17, 15) is 9.90 Å². The fourth-order valence-corrected chi connectivity index (χ4v) is 4.35. The molecule has 0 aliphatic carbocycles. The summed E-state index contributed by atoms with van der Waals surface area (Å²) in [5, 5.41) is 15.4. The number of imidazole rings is 1. The molecule has 3 aromatic carbocycles. The Hall–Kier alpha value is -3.69. The highest BCUT2D eigenvalue weighted by Gasteiger charge is 2.14. The van der Waals surface area contributed by atoms with E-state index in [2.05, 4.69) is 15.1 Å². The number of benzene rings is 3. The van der Waals surface area contributed by atoms with E-state index in [1.807, 2.05) is 48.5 Å². The first-order valence-corrected chi connectivity index (χ1v) is 11.9. The molecule has 1 amide bonds. The lowest BCUT2D eigenvalue weighted by Crippen LogP contribution is -2.20. The molecule has 180 valence electrons. The van der Waals surface area contributed by atoms with Gasteiger partial charge in [-0.15, -0.1) is 0 Å².